The Bertz CT molecular complexity index is 129. The van der Waals surface area contributed by atoms with Crippen molar-refractivity contribution in [2.75, 3.05) is 6.54 Å². The summed E-state index contributed by atoms with van der Waals surface area (Å²) in [5.41, 5.74) is 1.24. The van der Waals surface area contributed by atoms with E-state index in [1.54, 1.807) is 0 Å². The third kappa shape index (κ3) is 2.88. The molecule has 0 bridgehead atoms. The molecule has 1 nitrogen and oxygen atoms in total. The Hall–Kier alpha value is -0.460. The van der Waals surface area contributed by atoms with Gasteiger partial charge < -0.3 is 4.90 Å². The van der Waals surface area contributed by atoms with Crippen LogP contribution in [0.1, 0.15) is 47.0 Å². The van der Waals surface area contributed by atoms with Gasteiger partial charge in [-0.3, -0.25) is 0 Å². The SMILES string of the molecule is C=C(C)N1CCCC1CC.CC. The predicted molar refractivity (Wildman–Crippen MR) is 56.2 cm³/mol. The standard InChI is InChI=1S/C9H17N.C2H6/c1-4-9-6-5-7-10(9)8(2)3;1-2/h9H,2,4-7H2,1,3H3;1-2H3. The highest BCUT2D eigenvalue weighted by Gasteiger charge is 2.21. The van der Waals surface area contributed by atoms with E-state index in [2.05, 4.69) is 25.3 Å². The molecule has 0 aromatic heterocycles. The Morgan fingerprint density at radius 1 is 1.50 bits per heavy atom. The summed E-state index contributed by atoms with van der Waals surface area (Å²) in [5.74, 6) is 0. The smallest absolute Gasteiger partial charge is 0.0284 e. The van der Waals surface area contributed by atoms with Crippen LogP contribution >= 0.6 is 0 Å². The zero-order valence-electron chi connectivity index (χ0n) is 9.06. The third-order valence-electron chi connectivity index (χ3n) is 2.34. The minimum atomic E-state index is 0.789. The van der Waals surface area contributed by atoms with Gasteiger partial charge in [-0.25, -0.2) is 0 Å². The lowest BCUT2D eigenvalue weighted by Crippen LogP contribution is -2.26. The van der Waals surface area contributed by atoms with Gasteiger partial charge in [-0.2, -0.15) is 0 Å². The molecule has 1 aliphatic heterocycles. The highest BCUT2D eigenvalue weighted by molar-refractivity contribution is 4.95. The fraction of sp³-hybridized carbons (Fsp3) is 0.818. The molecular formula is C11H23N. The van der Waals surface area contributed by atoms with Gasteiger partial charge in [-0.1, -0.05) is 27.4 Å². The Labute approximate surface area is 77.5 Å². The molecule has 0 spiro atoms. The van der Waals surface area contributed by atoms with E-state index in [0.717, 1.165) is 6.04 Å². The summed E-state index contributed by atoms with van der Waals surface area (Å²) in [6.07, 6.45) is 3.99. The van der Waals surface area contributed by atoms with Gasteiger partial charge in [0.15, 0.2) is 0 Å². The van der Waals surface area contributed by atoms with Crippen molar-refractivity contribution < 1.29 is 0 Å². The maximum atomic E-state index is 3.96. The second kappa shape index (κ2) is 6.10. The molecular weight excluding hydrogens is 146 g/mol. The summed E-state index contributed by atoms with van der Waals surface area (Å²) in [4.78, 5) is 2.43. The van der Waals surface area contributed by atoms with Crippen molar-refractivity contribution in [3.8, 4) is 0 Å². The second-order valence-corrected chi connectivity index (χ2v) is 3.13. The third-order valence-corrected chi connectivity index (χ3v) is 2.34. The van der Waals surface area contributed by atoms with Gasteiger partial charge in [0, 0.05) is 18.3 Å². The number of hydrogen-bond acceptors (Lipinski definition) is 1. The number of nitrogens with zero attached hydrogens (tertiary/aromatic N) is 1. The van der Waals surface area contributed by atoms with E-state index in [-0.39, 0.29) is 0 Å². The highest BCUT2D eigenvalue weighted by atomic mass is 15.2. The van der Waals surface area contributed by atoms with Gasteiger partial charge in [-0.15, -0.1) is 0 Å². The van der Waals surface area contributed by atoms with Gasteiger partial charge in [0.25, 0.3) is 0 Å². The molecule has 0 radical (unpaired) electrons. The first-order valence-corrected chi connectivity index (χ1v) is 5.18. The Morgan fingerprint density at radius 3 is 2.42 bits per heavy atom. The van der Waals surface area contributed by atoms with Crippen molar-refractivity contribution in [3.63, 3.8) is 0 Å². The average molecular weight is 169 g/mol. The summed E-state index contributed by atoms with van der Waals surface area (Å²) < 4.78 is 0. The number of allylic oxidation sites excluding steroid dienone is 1. The van der Waals surface area contributed by atoms with Crippen LogP contribution in [-0.4, -0.2) is 17.5 Å². The van der Waals surface area contributed by atoms with Gasteiger partial charge in [-0.05, 0) is 26.2 Å². The van der Waals surface area contributed by atoms with Crippen molar-refractivity contribution in [2.45, 2.75) is 53.0 Å². The van der Waals surface area contributed by atoms with Crippen LogP contribution in [0.2, 0.25) is 0 Å². The maximum Gasteiger partial charge on any atom is 0.0284 e. The van der Waals surface area contributed by atoms with E-state index in [4.69, 9.17) is 0 Å². The van der Waals surface area contributed by atoms with Crippen molar-refractivity contribution in [2.24, 2.45) is 0 Å². The largest absolute Gasteiger partial charge is 0.373 e. The van der Waals surface area contributed by atoms with Crippen LogP contribution in [0.5, 0.6) is 0 Å². The Balaban J connectivity index is 0.000000561. The van der Waals surface area contributed by atoms with E-state index in [0.29, 0.717) is 0 Å². The molecule has 0 saturated carbocycles. The van der Waals surface area contributed by atoms with Crippen LogP contribution in [0, 0.1) is 0 Å². The minimum absolute atomic E-state index is 0.789. The summed E-state index contributed by atoms with van der Waals surface area (Å²) in [5, 5.41) is 0. The molecule has 1 saturated heterocycles. The molecule has 0 aromatic carbocycles. The highest BCUT2D eigenvalue weighted by Crippen LogP contribution is 2.22. The van der Waals surface area contributed by atoms with E-state index in [1.165, 1.54) is 31.5 Å². The van der Waals surface area contributed by atoms with Crippen molar-refractivity contribution in [3.05, 3.63) is 12.3 Å². The lowest BCUT2D eigenvalue weighted by Gasteiger charge is -2.25. The van der Waals surface area contributed by atoms with Gasteiger partial charge in [0.05, 0.1) is 0 Å². The monoisotopic (exact) mass is 169 g/mol. The molecule has 0 N–H and O–H groups in total. The van der Waals surface area contributed by atoms with Crippen LogP contribution in [0.4, 0.5) is 0 Å². The predicted octanol–water partition coefficient (Wildman–Crippen LogP) is 3.42. The molecule has 1 heteroatoms. The molecule has 1 fully saturated rings. The molecule has 1 aliphatic rings. The summed E-state index contributed by atoms with van der Waals surface area (Å²) in [6, 6.07) is 0.789. The summed E-state index contributed by atoms with van der Waals surface area (Å²) in [7, 11) is 0. The van der Waals surface area contributed by atoms with Crippen LogP contribution in [0.15, 0.2) is 12.3 Å². The topological polar surface area (TPSA) is 3.24 Å². The molecule has 0 aromatic rings. The van der Waals surface area contributed by atoms with Crippen LogP contribution in [-0.2, 0) is 0 Å². The van der Waals surface area contributed by atoms with Gasteiger partial charge in [0.2, 0.25) is 0 Å². The molecule has 0 aliphatic carbocycles. The molecule has 1 unspecified atom stereocenters. The lowest BCUT2D eigenvalue weighted by molar-refractivity contribution is 0.315. The van der Waals surface area contributed by atoms with E-state index < -0.39 is 0 Å². The van der Waals surface area contributed by atoms with Crippen LogP contribution < -0.4 is 0 Å². The number of rotatable bonds is 2. The fourth-order valence-electron chi connectivity index (χ4n) is 1.76. The second-order valence-electron chi connectivity index (χ2n) is 3.13. The average Bonchev–Trinajstić information content (AvgIpc) is 2.55. The molecule has 1 atom stereocenters. The maximum absolute atomic E-state index is 3.96. The van der Waals surface area contributed by atoms with Crippen LogP contribution in [0.25, 0.3) is 0 Å². The summed E-state index contributed by atoms with van der Waals surface area (Å²) >= 11 is 0. The number of hydrogen-bond donors (Lipinski definition) is 0. The van der Waals surface area contributed by atoms with Crippen molar-refractivity contribution in [1.82, 2.24) is 4.90 Å². The first-order valence-electron chi connectivity index (χ1n) is 5.18. The Morgan fingerprint density at radius 2 is 2.08 bits per heavy atom. The lowest BCUT2D eigenvalue weighted by atomic mass is 10.2. The van der Waals surface area contributed by atoms with E-state index >= 15 is 0 Å². The van der Waals surface area contributed by atoms with Crippen LogP contribution in [0.3, 0.4) is 0 Å². The molecule has 0 amide bonds. The van der Waals surface area contributed by atoms with E-state index in [1.807, 2.05) is 13.8 Å². The normalized spacial score (nSPS) is 21.7. The zero-order valence-corrected chi connectivity index (χ0v) is 9.06. The van der Waals surface area contributed by atoms with Gasteiger partial charge in [0.1, 0.15) is 0 Å². The fourth-order valence-corrected chi connectivity index (χ4v) is 1.76. The molecule has 1 heterocycles. The quantitative estimate of drug-likeness (QED) is 0.612. The first-order chi connectivity index (χ1) is 5.75. The molecule has 12 heavy (non-hydrogen) atoms. The minimum Gasteiger partial charge on any atom is -0.373 e. The zero-order chi connectivity index (χ0) is 9.56. The van der Waals surface area contributed by atoms with Crippen molar-refractivity contribution >= 4 is 0 Å². The van der Waals surface area contributed by atoms with Crippen molar-refractivity contribution in [1.29, 1.82) is 0 Å². The summed E-state index contributed by atoms with van der Waals surface area (Å²) in [6.45, 7) is 13.6. The van der Waals surface area contributed by atoms with Gasteiger partial charge >= 0.3 is 0 Å². The van der Waals surface area contributed by atoms with E-state index in [9.17, 15) is 0 Å². The molecule has 72 valence electrons. The number of likely N-dealkylation sites (tertiary alicyclic amines) is 1. The molecule has 1 rings (SSSR count). The Kier molecular flexibility index (Phi) is 5.87. The first kappa shape index (κ1) is 11.5.